The highest BCUT2D eigenvalue weighted by Crippen LogP contribution is 2.17. The summed E-state index contributed by atoms with van der Waals surface area (Å²) in [6, 6.07) is 9.50. The minimum Gasteiger partial charge on any atom is -0.459 e. The van der Waals surface area contributed by atoms with Gasteiger partial charge in [0.25, 0.3) is 5.91 Å². The number of furan rings is 1. The van der Waals surface area contributed by atoms with E-state index in [1.807, 2.05) is 0 Å². The van der Waals surface area contributed by atoms with Gasteiger partial charge in [-0.2, -0.15) is 0 Å². The standard InChI is InChI=1S/C17H17ClN2O4.ClH/c18-15-6-5-14(24-15)16(21)20-12-3-1-11(2-4-12)17(22)23-13-7-9-19-10-8-13;/h1-6,13,19H,7-10H2,(H,20,21);1H. The van der Waals surface area contributed by atoms with Crippen LogP contribution in [0.1, 0.15) is 33.8 Å². The molecule has 1 aromatic heterocycles. The van der Waals surface area contributed by atoms with Crippen LogP contribution < -0.4 is 10.6 Å². The smallest absolute Gasteiger partial charge is 0.338 e. The van der Waals surface area contributed by atoms with Crippen LogP contribution in [0.25, 0.3) is 0 Å². The molecule has 8 heteroatoms. The van der Waals surface area contributed by atoms with Gasteiger partial charge in [-0.05, 0) is 73.9 Å². The van der Waals surface area contributed by atoms with E-state index in [1.165, 1.54) is 12.1 Å². The Kier molecular flexibility index (Phi) is 6.87. The number of anilines is 1. The molecule has 2 heterocycles. The molecule has 0 atom stereocenters. The van der Waals surface area contributed by atoms with Crippen molar-refractivity contribution in [1.29, 1.82) is 0 Å². The Morgan fingerprint density at radius 2 is 1.80 bits per heavy atom. The number of piperidine rings is 1. The molecular weight excluding hydrogens is 367 g/mol. The zero-order valence-electron chi connectivity index (χ0n) is 13.3. The van der Waals surface area contributed by atoms with E-state index in [-0.39, 0.29) is 35.5 Å². The number of hydrogen-bond donors (Lipinski definition) is 2. The van der Waals surface area contributed by atoms with Crippen LogP contribution in [-0.2, 0) is 4.74 Å². The van der Waals surface area contributed by atoms with Crippen LogP contribution >= 0.6 is 24.0 Å². The predicted molar refractivity (Wildman–Crippen MR) is 96.7 cm³/mol. The van der Waals surface area contributed by atoms with Gasteiger partial charge in [-0.25, -0.2) is 4.79 Å². The summed E-state index contributed by atoms with van der Waals surface area (Å²) in [7, 11) is 0. The molecule has 1 aliphatic rings. The van der Waals surface area contributed by atoms with E-state index in [2.05, 4.69) is 10.6 Å². The van der Waals surface area contributed by atoms with Gasteiger partial charge in [-0.15, -0.1) is 12.4 Å². The molecule has 0 unspecified atom stereocenters. The molecule has 134 valence electrons. The van der Waals surface area contributed by atoms with Crippen LogP contribution in [0.3, 0.4) is 0 Å². The topological polar surface area (TPSA) is 80.6 Å². The molecular formula is C17H18Cl2N2O4. The summed E-state index contributed by atoms with van der Waals surface area (Å²) >= 11 is 5.64. The van der Waals surface area contributed by atoms with Gasteiger partial charge < -0.3 is 19.8 Å². The van der Waals surface area contributed by atoms with Crippen LogP contribution in [0, 0.1) is 0 Å². The first-order valence-electron chi connectivity index (χ1n) is 7.70. The molecule has 2 N–H and O–H groups in total. The minimum atomic E-state index is -0.410. The van der Waals surface area contributed by atoms with Crippen molar-refractivity contribution in [1.82, 2.24) is 5.32 Å². The maximum atomic E-state index is 12.1. The van der Waals surface area contributed by atoms with Gasteiger partial charge in [0.1, 0.15) is 6.10 Å². The van der Waals surface area contributed by atoms with E-state index in [9.17, 15) is 9.59 Å². The molecule has 1 amide bonds. The number of carbonyl (C=O) groups excluding carboxylic acids is 2. The molecule has 1 saturated heterocycles. The molecule has 1 fully saturated rings. The van der Waals surface area contributed by atoms with Crippen LogP contribution in [0.2, 0.25) is 5.22 Å². The van der Waals surface area contributed by atoms with Crippen molar-refractivity contribution in [3.8, 4) is 0 Å². The highest BCUT2D eigenvalue weighted by atomic mass is 35.5. The fourth-order valence-corrected chi connectivity index (χ4v) is 2.60. The molecule has 0 bridgehead atoms. The zero-order chi connectivity index (χ0) is 16.9. The zero-order valence-corrected chi connectivity index (χ0v) is 14.9. The number of nitrogens with one attached hydrogen (secondary N) is 2. The predicted octanol–water partition coefficient (Wildman–Crippen LogP) is 3.52. The first-order valence-corrected chi connectivity index (χ1v) is 8.08. The second kappa shape index (κ2) is 8.89. The Morgan fingerprint density at radius 3 is 2.40 bits per heavy atom. The second-order valence-corrected chi connectivity index (χ2v) is 5.86. The number of ether oxygens (including phenoxy) is 1. The monoisotopic (exact) mass is 384 g/mol. The number of esters is 1. The van der Waals surface area contributed by atoms with Gasteiger partial charge in [0.2, 0.25) is 0 Å². The first-order chi connectivity index (χ1) is 11.6. The summed E-state index contributed by atoms with van der Waals surface area (Å²) in [6.45, 7) is 1.72. The third-order valence-electron chi connectivity index (χ3n) is 3.74. The molecule has 2 aromatic rings. The lowest BCUT2D eigenvalue weighted by Gasteiger charge is -2.22. The lowest BCUT2D eigenvalue weighted by atomic mass is 10.1. The average Bonchev–Trinajstić information content (AvgIpc) is 3.03. The third-order valence-corrected chi connectivity index (χ3v) is 3.94. The molecule has 3 rings (SSSR count). The summed E-state index contributed by atoms with van der Waals surface area (Å²) in [6.07, 6.45) is 1.61. The average molecular weight is 385 g/mol. The van der Waals surface area contributed by atoms with E-state index < -0.39 is 5.91 Å². The summed E-state index contributed by atoms with van der Waals surface area (Å²) < 4.78 is 10.5. The Balaban J connectivity index is 0.00000225. The van der Waals surface area contributed by atoms with Gasteiger partial charge in [-0.1, -0.05) is 0 Å². The molecule has 0 spiro atoms. The number of amides is 1. The SMILES string of the molecule is Cl.O=C(OC1CCNCC1)c1ccc(NC(=O)c2ccc(Cl)o2)cc1. The first kappa shape index (κ1) is 19.3. The number of hydrogen-bond acceptors (Lipinski definition) is 5. The van der Waals surface area contributed by atoms with Crippen molar-refractivity contribution in [3.63, 3.8) is 0 Å². The maximum absolute atomic E-state index is 12.1. The van der Waals surface area contributed by atoms with Crippen molar-refractivity contribution in [2.75, 3.05) is 18.4 Å². The third kappa shape index (κ3) is 5.22. The molecule has 0 aliphatic carbocycles. The van der Waals surface area contributed by atoms with Crippen molar-refractivity contribution >= 4 is 41.6 Å². The van der Waals surface area contributed by atoms with E-state index in [1.54, 1.807) is 24.3 Å². The maximum Gasteiger partial charge on any atom is 0.338 e. The molecule has 25 heavy (non-hydrogen) atoms. The summed E-state index contributed by atoms with van der Waals surface area (Å²) in [4.78, 5) is 24.1. The lowest BCUT2D eigenvalue weighted by Crippen LogP contribution is -2.33. The van der Waals surface area contributed by atoms with Gasteiger partial charge in [-0.3, -0.25) is 4.79 Å². The minimum absolute atomic E-state index is 0. The summed E-state index contributed by atoms with van der Waals surface area (Å²) in [5, 5.41) is 6.04. The highest BCUT2D eigenvalue weighted by molar-refractivity contribution is 6.29. The van der Waals surface area contributed by atoms with Gasteiger partial charge in [0.15, 0.2) is 11.0 Å². The Bertz CT molecular complexity index is 725. The van der Waals surface area contributed by atoms with Gasteiger partial charge >= 0.3 is 5.97 Å². The summed E-state index contributed by atoms with van der Waals surface area (Å²) in [5.41, 5.74) is 0.999. The van der Waals surface area contributed by atoms with E-state index in [0.29, 0.717) is 11.3 Å². The van der Waals surface area contributed by atoms with E-state index in [0.717, 1.165) is 25.9 Å². The Labute approximate surface area is 156 Å². The van der Waals surface area contributed by atoms with E-state index >= 15 is 0 Å². The van der Waals surface area contributed by atoms with Crippen LogP contribution in [-0.4, -0.2) is 31.1 Å². The Morgan fingerprint density at radius 1 is 1.12 bits per heavy atom. The van der Waals surface area contributed by atoms with Gasteiger partial charge in [0.05, 0.1) is 5.56 Å². The number of rotatable bonds is 4. The van der Waals surface area contributed by atoms with Crippen LogP contribution in [0.4, 0.5) is 5.69 Å². The molecule has 0 saturated carbocycles. The normalized spacial score (nSPS) is 14.4. The fraction of sp³-hybridized carbons (Fsp3) is 0.294. The molecule has 6 nitrogen and oxygen atoms in total. The molecule has 0 radical (unpaired) electrons. The van der Waals surface area contributed by atoms with Crippen molar-refractivity contribution in [3.05, 3.63) is 52.9 Å². The van der Waals surface area contributed by atoms with Gasteiger partial charge in [0, 0.05) is 5.69 Å². The number of carbonyl (C=O) groups is 2. The van der Waals surface area contributed by atoms with E-state index in [4.69, 9.17) is 20.8 Å². The van der Waals surface area contributed by atoms with Crippen LogP contribution in [0.15, 0.2) is 40.8 Å². The molecule has 1 aromatic carbocycles. The highest BCUT2D eigenvalue weighted by Gasteiger charge is 2.18. The lowest BCUT2D eigenvalue weighted by molar-refractivity contribution is 0.0229. The number of benzene rings is 1. The van der Waals surface area contributed by atoms with Crippen molar-refractivity contribution in [2.45, 2.75) is 18.9 Å². The quantitative estimate of drug-likeness (QED) is 0.788. The Hall–Kier alpha value is -2.02. The second-order valence-electron chi connectivity index (χ2n) is 5.49. The number of halogens is 2. The fourth-order valence-electron chi connectivity index (χ4n) is 2.45. The van der Waals surface area contributed by atoms with Crippen molar-refractivity contribution < 1.29 is 18.7 Å². The molecule has 1 aliphatic heterocycles. The summed E-state index contributed by atoms with van der Waals surface area (Å²) in [5.74, 6) is -0.640. The van der Waals surface area contributed by atoms with Crippen LogP contribution in [0.5, 0.6) is 0 Å². The largest absolute Gasteiger partial charge is 0.459 e. The van der Waals surface area contributed by atoms with Crippen molar-refractivity contribution in [2.24, 2.45) is 0 Å².